The molecule has 0 amide bonds. The second-order valence-corrected chi connectivity index (χ2v) is 3.88. The van der Waals surface area contributed by atoms with Crippen molar-refractivity contribution >= 4 is 0 Å². The van der Waals surface area contributed by atoms with Gasteiger partial charge in [0, 0.05) is 12.5 Å². The largest absolute Gasteiger partial charge is 0.390 e. The van der Waals surface area contributed by atoms with Crippen molar-refractivity contribution in [1.29, 1.82) is 0 Å². The third-order valence-corrected chi connectivity index (χ3v) is 3.04. The van der Waals surface area contributed by atoms with Crippen molar-refractivity contribution in [2.45, 2.75) is 51.7 Å². The molecule has 0 saturated heterocycles. The molecule has 0 atom stereocenters. The molecule has 1 aromatic rings. The number of aliphatic hydroxyl groups excluding tert-OH is 1. The van der Waals surface area contributed by atoms with Gasteiger partial charge in [-0.25, -0.2) is 4.68 Å². The smallest absolute Gasteiger partial charge is 0.112 e. The summed E-state index contributed by atoms with van der Waals surface area (Å²) in [5.41, 5.74) is 1.95. The summed E-state index contributed by atoms with van der Waals surface area (Å²) >= 11 is 0. The number of aliphatic hydroxyl groups is 1. The van der Waals surface area contributed by atoms with Gasteiger partial charge in [0.15, 0.2) is 0 Å². The average molecular weight is 195 g/mol. The van der Waals surface area contributed by atoms with E-state index in [4.69, 9.17) is 0 Å². The fourth-order valence-corrected chi connectivity index (χ4v) is 2.35. The molecule has 0 aliphatic heterocycles. The summed E-state index contributed by atoms with van der Waals surface area (Å²) in [5, 5.41) is 17.2. The second kappa shape index (κ2) is 4.09. The Balaban J connectivity index is 2.31. The summed E-state index contributed by atoms with van der Waals surface area (Å²) in [5.74, 6) is 0.576. The van der Waals surface area contributed by atoms with E-state index in [1.165, 1.54) is 31.4 Å². The highest BCUT2D eigenvalue weighted by Crippen LogP contribution is 2.35. The van der Waals surface area contributed by atoms with Gasteiger partial charge in [-0.1, -0.05) is 18.1 Å². The predicted octanol–water partition coefficient (Wildman–Crippen LogP) is 1.45. The molecule has 1 N–H and O–H groups in total. The van der Waals surface area contributed by atoms with Crippen LogP contribution in [0.25, 0.3) is 0 Å². The summed E-state index contributed by atoms with van der Waals surface area (Å²) in [7, 11) is 0. The highest BCUT2D eigenvalue weighted by Gasteiger charge is 2.24. The van der Waals surface area contributed by atoms with Crippen LogP contribution in [0.1, 0.15) is 49.9 Å². The zero-order chi connectivity index (χ0) is 9.97. The zero-order valence-corrected chi connectivity index (χ0v) is 8.61. The molecule has 0 bridgehead atoms. The molecule has 0 unspecified atom stereocenters. The van der Waals surface area contributed by atoms with Crippen LogP contribution in [0.2, 0.25) is 0 Å². The van der Waals surface area contributed by atoms with Gasteiger partial charge in [-0.3, -0.25) is 0 Å². The van der Waals surface area contributed by atoms with Gasteiger partial charge in [-0.05, 0) is 19.8 Å². The van der Waals surface area contributed by atoms with Crippen LogP contribution in [-0.2, 0) is 13.2 Å². The molecular formula is C10H17N3O. The van der Waals surface area contributed by atoms with Crippen LogP contribution in [0.3, 0.4) is 0 Å². The van der Waals surface area contributed by atoms with Gasteiger partial charge in [0.05, 0.1) is 12.3 Å². The molecule has 1 saturated carbocycles. The van der Waals surface area contributed by atoms with E-state index in [2.05, 4.69) is 17.2 Å². The lowest BCUT2D eigenvalue weighted by Gasteiger charge is -2.11. The molecule has 4 nitrogen and oxygen atoms in total. The predicted molar refractivity (Wildman–Crippen MR) is 52.8 cm³/mol. The second-order valence-electron chi connectivity index (χ2n) is 3.88. The van der Waals surface area contributed by atoms with E-state index in [9.17, 15) is 5.11 Å². The fourth-order valence-electron chi connectivity index (χ4n) is 2.35. The normalized spacial score (nSPS) is 17.9. The minimum atomic E-state index is 0.0197. The van der Waals surface area contributed by atoms with E-state index in [0.29, 0.717) is 5.92 Å². The van der Waals surface area contributed by atoms with Crippen molar-refractivity contribution in [3.8, 4) is 0 Å². The van der Waals surface area contributed by atoms with E-state index in [0.717, 1.165) is 12.2 Å². The molecule has 0 radical (unpaired) electrons. The minimum absolute atomic E-state index is 0.0197. The van der Waals surface area contributed by atoms with E-state index in [-0.39, 0.29) is 6.61 Å². The SMILES string of the molecule is CCn1nnc(CO)c1C1CCCC1. The molecule has 4 heteroatoms. The molecular weight excluding hydrogens is 178 g/mol. The van der Waals surface area contributed by atoms with E-state index >= 15 is 0 Å². The monoisotopic (exact) mass is 195 g/mol. The van der Waals surface area contributed by atoms with Crippen LogP contribution in [-0.4, -0.2) is 20.1 Å². The van der Waals surface area contributed by atoms with Gasteiger partial charge in [0.1, 0.15) is 5.69 Å². The molecule has 1 aromatic heterocycles. The first-order chi connectivity index (χ1) is 6.86. The van der Waals surface area contributed by atoms with Crippen molar-refractivity contribution in [3.63, 3.8) is 0 Å². The van der Waals surface area contributed by atoms with E-state index in [1.807, 2.05) is 4.68 Å². The van der Waals surface area contributed by atoms with Crippen LogP contribution in [0.4, 0.5) is 0 Å². The van der Waals surface area contributed by atoms with Gasteiger partial charge in [0.25, 0.3) is 0 Å². The Hall–Kier alpha value is -0.900. The number of aryl methyl sites for hydroxylation is 1. The maximum absolute atomic E-state index is 9.17. The average Bonchev–Trinajstić information content (AvgIpc) is 2.85. The Morgan fingerprint density at radius 3 is 2.71 bits per heavy atom. The number of nitrogens with zero attached hydrogens (tertiary/aromatic N) is 3. The molecule has 1 fully saturated rings. The van der Waals surface area contributed by atoms with Crippen LogP contribution in [0, 0.1) is 0 Å². The molecule has 1 aliphatic rings. The van der Waals surface area contributed by atoms with Crippen molar-refractivity contribution in [2.24, 2.45) is 0 Å². The van der Waals surface area contributed by atoms with Gasteiger partial charge in [-0.2, -0.15) is 0 Å². The Morgan fingerprint density at radius 1 is 1.43 bits per heavy atom. The van der Waals surface area contributed by atoms with Crippen molar-refractivity contribution < 1.29 is 5.11 Å². The Labute approximate surface area is 83.9 Å². The van der Waals surface area contributed by atoms with Crippen molar-refractivity contribution in [3.05, 3.63) is 11.4 Å². The molecule has 14 heavy (non-hydrogen) atoms. The highest BCUT2D eigenvalue weighted by atomic mass is 16.3. The number of rotatable bonds is 3. The van der Waals surface area contributed by atoms with Crippen LogP contribution >= 0.6 is 0 Å². The fraction of sp³-hybridized carbons (Fsp3) is 0.800. The summed E-state index contributed by atoms with van der Waals surface area (Å²) in [6.07, 6.45) is 5.04. The lowest BCUT2D eigenvalue weighted by molar-refractivity contribution is 0.274. The van der Waals surface area contributed by atoms with E-state index in [1.54, 1.807) is 0 Å². The number of hydrogen-bond donors (Lipinski definition) is 1. The summed E-state index contributed by atoms with van der Waals surface area (Å²) < 4.78 is 1.93. The lowest BCUT2D eigenvalue weighted by atomic mass is 10.0. The molecule has 2 rings (SSSR count). The van der Waals surface area contributed by atoms with Gasteiger partial charge in [-0.15, -0.1) is 5.10 Å². The first-order valence-corrected chi connectivity index (χ1v) is 5.40. The minimum Gasteiger partial charge on any atom is -0.390 e. The topological polar surface area (TPSA) is 50.9 Å². The van der Waals surface area contributed by atoms with Crippen LogP contribution in [0.15, 0.2) is 0 Å². The van der Waals surface area contributed by atoms with Gasteiger partial charge in [0.2, 0.25) is 0 Å². The van der Waals surface area contributed by atoms with Crippen LogP contribution < -0.4 is 0 Å². The molecule has 0 aromatic carbocycles. The standard InChI is InChI=1S/C10H17N3O/c1-2-13-10(8-5-3-4-6-8)9(7-14)11-12-13/h8,14H,2-7H2,1H3. The summed E-state index contributed by atoms with van der Waals surface area (Å²) in [4.78, 5) is 0. The van der Waals surface area contributed by atoms with Gasteiger partial charge < -0.3 is 5.11 Å². The third kappa shape index (κ3) is 1.54. The molecule has 0 spiro atoms. The number of aromatic nitrogens is 3. The van der Waals surface area contributed by atoms with E-state index < -0.39 is 0 Å². The quantitative estimate of drug-likeness (QED) is 0.794. The molecule has 1 heterocycles. The Morgan fingerprint density at radius 2 is 2.14 bits per heavy atom. The van der Waals surface area contributed by atoms with Crippen LogP contribution in [0.5, 0.6) is 0 Å². The van der Waals surface area contributed by atoms with Crippen molar-refractivity contribution in [1.82, 2.24) is 15.0 Å². The Bertz CT molecular complexity index is 281. The first-order valence-electron chi connectivity index (χ1n) is 5.40. The third-order valence-electron chi connectivity index (χ3n) is 3.04. The zero-order valence-electron chi connectivity index (χ0n) is 8.61. The summed E-state index contributed by atoms with van der Waals surface area (Å²) in [6, 6.07) is 0. The van der Waals surface area contributed by atoms with Crippen molar-refractivity contribution in [2.75, 3.05) is 0 Å². The Kier molecular flexibility index (Phi) is 2.82. The molecule has 1 aliphatic carbocycles. The lowest BCUT2D eigenvalue weighted by Crippen LogP contribution is -2.07. The maximum Gasteiger partial charge on any atom is 0.112 e. The first kappa shape index (κ1) is 9.65. The highest BCUT2D eigenvalue weighted by molar-refractivity contribution is 5.16. The molecule has 78 valence electrons. The maximum atomic E-state index is 9.17. The number of hydrogen-bond acceptors (Lipinski definition) is 3. The summed E-state index contributed by atoms with van der Waals surface area (Å²) in [6.45, 7) is 2.93. The van der Waals surface area contributed by atoms with Gasteiger partial charge >= 0.3 is 0 Å².